The minimum atomic E-state index is -0.635. The zero-order chi connectivity index (χ0) is 31.2. The lowest BCUT2D eigenvalue weighted by Crippen LogP contribution is -2.43. The Morgan fingerprint density at radius 2 is 1.73 bits per heavy atom. The summed E-state index contributed by atoms with van der Waals surface area (Å²) in [6, 6.07) is 14.2. The molecule has 7 rings (SSSR count). The van der Waals surface area contributed by atoms with Gasteiger partial charge in [0, 0.05) is 16.9 Å². The molecule has 12 nitrogen and oxygen atoms in total. The van der Waals surface area contributed by atoms with Gasteiger partial charge in [-0.15, -0.1) is 5.10 Å². The average molecular weight is 633 g/mol. The van der Waals surface area contributed by atoms with Crippen molar-refractivity contribution in [1.82, 2.24) is 20.3 Å². The van der Waals surface area contributed by atoms with Crippen LogP contribution in [-0.2, 0) is 16.1 Å². The van der Waals surface area contributed by atoms with Gasteiger partial charge in [0.1, 0.15) is 0 Å². The molecular formula is C32H29ClN4O8. The number of nitrogens with zero attached hydrogens (tertiary/aromatic N) is 3. The van der Waals surface area contributed by atoms with Crippen molar-refractivity contribution in [2.24, 2.45) is 11.8 Å². The van der Waals surface area contributed by atoms with E-state index < -0.39 is 29.7 Å². The van der Waals surface area contributed by atoms with E-state index in [1.54, 1.807) is 16.9 Å². The van der Waals surface area contributed by atoms with Crippen LogP contribution >= 0.6 is 11.6 Å². The van der Waals surface area contributed by atoms with Gasteiger partial charge in [-0.2, -0.15) is 0 Å². The van der Waals surface area contributed by atoms with Crippen molar-refractivity contribution in [3.63, 3.8) is 0 Å². The monoisotopic (exact) mass is 632 g/mol. The normalized spacial score (nSPS) is 21.0. The maximum atomic E-state index is 13.7. The highest BCUT2D eigenvalue weighted by Crippen LogP contribution is 2.55. The Balaban J connectivity index is 1.28. The van der Waals surface area contributed by atoms with Crippen molar-refractivity contribution in [2.45, 2.75) is 18.5 Å². The Labute approximate surface area is 263 Å². The van der Waals surface area contributed by atoms with E-state index in [1.807, 2.05) is 42.5 Å². The van der Waals surface area contributed by atoms with Crippen molar-refractivity contribution in [2.75, 3.05) is 34.7 Å². The number of amides is 1. The third kappa shape index (κ3) is 5.04. The van der Waals surface area contributed by atoms with E-state index in [0.29, 0.717) is 40.3 Å². The number of esters is 1. The number of hydrogen-bond acceptors (Lipinski definition) is 10. The Morgan fingerprint density at radius 3 is 2.42 bits per heavy atom. The first-order valence-electron chi connectivity index (χ1n) is 14.2. The van der Waals surface area contributed by atoms with Crippen molar-refractivity contribution in [1.29, 1.82) is 0 Å². The number of halogens is 1. The molecule has 45 heavy (non-hydrogen) atoms. The van der Waals surface area contributed by atoms with Gasteiger partial charge in [-0.05, 0) is 58.7 Å². The van der Waals surface area contributed by atoms with Gasteiger partial charge in [0.05, 0.1) is 52.6 Å². The predicted octanol–water partition coefficient (Wildman–Crippen LogP) is 4.14. The van der Waals surface area contributed by atoms with Gasteiger partial charge in [0.25, 0.3) is 5.91 Å². The lowest BCUT2D eigenvalue weighted by atomic mass is 9.65. The summed E-state index contributed by atoms with van der Waals surface area (Å²) < 4.78 is 35.5. The molecule has 3 heterocycles. The summed E-state index contributed by atoms with van der Waals surface area (Å²) >= 11 is 6.12. The number of carbonyl (C=O) groups excluding carboxylic acids is 2. The lowest BCUT2D eigenvalue weighted by molar-refractivity contribution is -0.141. The number of carbonyl (C=O) groups is 2. The molecule has 1 saturated heterocycles. The largest absolute Gasteiger partial charge is 0.493 e. The predicted molar refractivity (Wildman–Crippen MR) is 159 cm³/mol. The van der Waals surface area contributed by atoms with Gasteiger partial charge < -0.3 is 33.7 Å². The number of rotatable bonds is 8. The van der Waals surface area contributed by atoms with Gasteiger partial charge in [0.15, 0.2) is 28.7 Å². The van der Waals surface area contributed by atoms with Crippen LogP contribution in [0.3, 0.4) is 0 Å². The lowest BCUT2D eigenvalue weighted by Gasteiger charge is -2.39. The van der Waals surface area contributed by atoms with Crippen LogP contribution in [0, 0.1) is 11.8 Å². The van der Waals surface area contributed by atoms with Crippen molar-refractivity contribution < 1.29 is 38.0 Å². The van der Waals surface area contributed by atoms with E-state index in [4.69, 9.17) is 40.0 Å². The average Bonchev–Trinajstić information content (AvgIpc) is 3.80. The molecule has 0 unspecified atom stereocenters. The minimum Gasteiger partial charge on any atom is -0.493 e. The van der Waals surface area contributed by atoms with E-state index in [0.717, 1.165) is 22.3 Å². The van der Waals surface area contributed by atoms with Crippen molar-refractivity contribution in [3.8, 4) is 28.7 Å². The van der Waals surface area contributed by atoms with Crippen molar-refractivity contribution >= 4 is 23.5 Å². The molecule has 13 heteroatoms. The number of cyclic esters (lactones) is 1. The second-order valence-electron chi connectivity index (χ2n) is 11.0. The molecule has 1 amide bonds. The second-order valence-corrected chi connectivity index (χ2v) is 11.4. The molecule has 3 aliphatic rings. The summed E-state index contributed by atoms with van der Waals surface area (Å²) in [4.78, 5) is 27.1. The third-order valence-corrected chi connectivity index (χ3v) is 8.76. The van der Waals surface area contributed by atoms with Crippen LogP contribution in [-0.4, -0.2) is 61.6 Å². The molecular weight excluding hydrogens is 604 g/mol. The van der Waals surface area contributed by atoms with Crippen LogP contribution in [0.15, 0.2) is 54.7 Å². The molecule has 1 aliphatic carbocycles. The molecule has 3 aromatic carbocycles. The second kappa shape index (κ2) is 11.5. The van der Waals surface area contributed by atoms with Gasteiger partial charge in [-0.3, -0.25) is 9.59 Å². The van der Waals surface area contributed by atoms with E-state index in [-0.39, 0.29) is 25.1 Å². The first-order chi connectivity index (χ1) is 21.9. The topological polar surface area (TPSA) is 132 Å². The molecule has 0 spiro atoms. The Kier molecular flexibility index (Phi) is 7.36. The molecule has 0 radical (unpaired) electrons. The number of methoxy groups -OCH3 is 3. The van der Waals surface area contributed by atoms with Gasteiger partial charge in [0.2, 0.25) is 12.5 Å². The SMILES string of the molecule is COc1cc([C@@H]2c3cc4c(cc3[C@@H](NC(=O)c3cn(Cc5cccc(Cl)c5)nn3)[C@H]3COC(=O)[C@H]23)OCO4)cc(OC)c1OC. The highest BCUT2D eigenvalue weighted by Gasteiger charge is 2.53. The van der Waals surface area contributed by atoms with E-state index >= 15 is 0 Å². The Morgan fingerprint density at radius 1 is 1.00 bits per heavy atom. The third-order valence-electron chi connectivity index (χ3n) is 8.52. The van der Waals surface area contributed by atoms with Gasteiger partial charge in [-0.25, -0.2) is 4.68 Å². The summed E-state index contributed by atoms with van der Waals surface area (Å²) in [6.07, 6.45) is 1.58. The van der Waals surface area contributed by atoms with Gasteiger partial charge >= 0.3 is 5.97 Å². The molecule has 2 aliphatic heterocycles. The zero-order valence-electron chi connectivity index (χ0n) is 24.6. The number of benzene rings is 3. The van der Waals surface area contributed by atoms with Crippen LogP contribution in [0.25, 0.3) is 0 Å². The fourth-order valence-corrected chi connectivity index (χ4v) is 6.76. The molecule has 0 bridgehead atoms. The quantitative estimate of drug-likeness (QED) is 0.283. The van der Waals surface area contributed by atoms with Crippen LogP contribution in [0.4, 0.5) is 0 Å². The fourth-order valence-electron chi connectivity index (χ4n) is 6.55. The van der Waals surface area contributed by atoms with E-state index in [1.165, 1.54) is 21.3 Å². The van der Waals surface area contributed by atoms with Crippen LogP contribution < -0.4 is 29.0 Å². The van der Waals surface area contributed by atoms with E-state index in [2.05, 4.69) is 15.6 Å². The number of nitrogens with one attached hydrogen (secondary N) is 1. The number of ether oxygens (including phenoxy) is 6. The minimum absolute atomic E-state index is 0.0642. The summed E-state index contributed by atoms with van der Waals surface area (Å²) in [6.45, 7) is 0.569. The molecule has 232 valence electrons. The van der Waals surface area contributed by atoms with Gasteiger partial charge in [-0.1, -0.05) is 28.9 Å². The molecule has 1 fully saturated rings. The summed E-state index contributed by atoms with van der Waals surface area (Å²) in [5, 5.41) is 12.0. The number of fused-ring (bicyclic) bond motifs is 3. The van der Waals surface area contributed by atoms with Crippen LogP contribution in [0.2, 0.25) is 5.02 Å². The van der Waals surface area contributed by atoms with Crippen LogP contribution in [0.5, 0.6) is 28.7 Å². The van der Waals surface area contributed by atoms with E-state index in [9.17, 15) is 9.59 Å². The van der Waals surface area contributed by atoms with Crippen LogP contribution in [0.1, 0.15) is 44.7 Å². The standard InChI is InChI=1S/C32H29ClN4O8/c1-40-25-8-17(9-26(41-2)30(25)42-3)27-19-10-23-24(45-15-44-23)11-20(19)29(21-14-43-32(39)28(21)27)34-31(38)22-13-37(36-35-22)12-16-5-4-6-18(33)7-16/h4-11,13,21,27-29H,12,14-15H2,1-3H3,(H,34,38)/t21-,27+,28-,29+/m0/s1. The summed E-state index contributed by atoms with van der Waals surface area (Å²) in [7, 11) is 4.61. The highest BCUT2D eigenvalue weighted by atomic mass is 35.5. The smallest absolute Gasteiger partial charge is 0.310 e. The zero-order valence-corrected chi connectivity index (χ0v) is 25.4. The molecule has 4 aromatic rings. The molecule has 1 N–H and O–H groups in total. The number of hydrogen-bond donors (Lipinski definition) is 1. The Hall–Kier alpha value is -4.97. The highest BCUT2D eigenvalue weighted by molar-refractivity contribution is 6.30. The summed E-state index contributed by atoms with van der Waals surface area (Å²) in [5.41, 5.74) is 3.36. The Bertz CT molecular complexity index is 1780. The first kappa shape index (κ1) is 28.8. The molecule has 0 saturated carbocycles. The number of aromatic nitrogens is 3. The molecule has 4 atom stereocenters. The van der Waals surface area contributed by atoms with Crippen molar-refractivity contribution in [3.05, 3.63) is 87.7 Å². The maximum Gasteiger partial charge on any atom is 0.310 e. The molecule has 1 aromatic heterocycles. The summed E-state index contributed by atoms with van der Waals surface area (Å²) in [5.74, 6) is 0.113. The fraction of sp³-hybridized carbons (Fsp3) is 0.312. The maximum absolute atomic E-state index is 13.7. The first-order valence-corrected chi connectivity index (χ1v) is 14.6.